The van der Waals surface area contributed by atoms with E-state index in [2.05, 4.69) is 49.5 Å². The van der Waals surface area contributed by atoms with Crippen molar-refractivity contribution in [3.05, 3.63) is 164 Å². The van der Waals surface area contributed by atoms with Gasteiger partial charge in [0.25, 0.3) is 0 Å². The van der Waals surface area contributed by atoms with Gasteiger partial charge in [0.15, 0.2) is 35.1 Å². The van der Waals surface area contributed by atoms with Gasteiger partial charge in [-0.3, -0.25) is 33.6 Å². The first-order chi connectivity index (χ1) is 53.1. The molecule has 0 aromatic heterocycles. The summed E-state index contributed by atoms with van der Waals surface area (Å²) in [7, 11) is 1.43. The summed E-state index contributed by atoms with van der Waals surface area (Å²) < 4.78 is 32.1. The van der Waals surface area contributed by atoms with Crippen LogP contribution in [-0.4, -0.2) is 154 Å². The van der Waals surface area contributed by atoms with Crippen LogP contribution in [0.25, 0.3) is 11.1 Å². The first-order valence-corrected chi connectivity index (χ1v) is 36.3. The van der Waals surface area contributed by atoms with Crippen LogP contribution in [0.1, 0.15) is 146 Å². The highest BCUT2D eigenvalue weighted by molar-refractivity contribution is 6.33. The van der Waals surface area contributed by atoms with Gasteiger partial charge < -0.3 is 117 Å². The fourth-order valence-corrected chi connectivity index (χ4v) is 14.3. The molecule has 0 unspecified atom stereocenters. The molecular formula is C77H78Cl2N8O24. The zero-order valence-electron chi connectivity index (χ0n) is 59.2. The van der Waals surface area contributed by atoms with Gasteiger partial charge in [0.05, 0.1) is 10.0 Å². The first kappa shape index (κ1) is 78.9. The summed E-state index contributed by atoms with van der Waals surface area (Å²) in [4.78, 5) is 134. The van der Waals surface area contributed by atoms with Gasteiger partial charge in [-0.25, -0.2) is 9.59 Å². The number of rotatable bonds is 16. The Labute approximate surface area is 641 Å². The van der Waals surface area contributed by atoms with E-state index in [1.165, 1.54) is 49.5 Å². The average Bonchev–Trinajstić information content (AvgIpc) is 0.764. The van der Waals surface area contributed by atoms with Crippen molar-refractivity contribution in [3.63, 3.8) is 0 Å². The third-order valence-corrected chi connectivity index (χ3v) is 20.3. The third-order valence-electron chi connectivity index (χ3n) is 19.6. The molecule has 1 saturated heterocycles. The predicted molar refractivity (Wildman–Crippen MR) is 391 cm³/mol. The molecule has 7 aliphatic heterocycles. The molecule has 18 N–H and O–H groups in total. The van der Waals surface area contributed by atoms with Crippen molar-refractivity contribution in [1.82, 2.24) is 42.5 Å². The lowest BCUT2D eigenvalue weighted by Crippen LogP contribution is -2.66. The molecule has 7 aromatic carbocycles. The number of aliphatic carboxylic acids is 2. The monoisotopic (exact) mass is 1570 g/mol. The first-order valence-electron chi connectivity index (χ1n) is 35.5. The lowest BCUT2D eigenvalue weighted by Gasteiger charge is -2.41. The van der Waals surface area contributed by atoms with Gasteiger partial charge in [0.1, 0.15) is 101 Å². The molecule has 584 valence electrons. The maximum atomic E-state index is 16.4. The number of likely N-dealkylation sites (N-methyl/N-ethyl adjacent to an activating group) is 1. The van der Waals surface area contributed by atoms with Crippen LogP contribution in [-0.2, 0) is 54.3 Å². The molecule has 7 aliphatic rings. The Kier molecular flexibility index (Phi) is 23.9. The number of carboxylic acid groups (broad SMARTS) is 2. The number of hydrogen-bond donors (Lipinski definition) is 18. The van der Waals surface area contributed by atoms with Gasteiger partial charge in [-0.2, -0.15) is 0 Å². The van der Waals surface area contributed by atoms with Gasteiger partial charge in [0, 0.05) is 47.2 Å². The number of aliphatic hydroxyl groups is 3. The SMILES string of the molecule is CCCCCCCCCCCC(=O)N[C@H]1[C@H](Oc2c3cc4cc2Oc2ccc(cc2Cl)[C@@H](O)[C@@H]2NC(=O)[C@H](NC(=O)[C@@H]4NC(=O)[C@H]4NC(=O)[C@@H](Cc5ccc(cc5)O3)NC(=O)[C@H](NC)c3ccc(O)c(c3)Oc3cc(O)c(Cl)c4c3)c3ccc(O)c(c3)-c3c(O)cc(O)cc3[C@H](C(=O)O)NC2=O)O[C@H](C(=O)O)[C@@H](O)[C@@H]1O. The average molecular weight is 1570 g/mol. The Morgan fingerprint density at radius 2 is 1.15 bits per heavy atom. The second-order valence-electron chi connectivity index (χ2n) is 27.3. The van der Waals surface area contributed by atoms with Crippen molar-refractivity contribution in [3.8, 4) is 80.1 Å². The van der Waals surface area contributed by atoms with Crippen molar-refractivity contribution in [2.45, 2.75) is 157 Å². The Balaban J connectivity index is 1.09. The minimum absolute atomic E-state index is 0.116. The maximum Gasteiger partial charge on any atom is 0.335 e. The Bertz CT molecular complexity index is 4820. The molecule has 0 saturated carbocycles. The maximum absolute atomic E-state index is 16.4. The second kappa shape index (κ2) is 33.7. The number of hydrogen-bond acceptors (Lipinski definition) is 23. The van der Waals surface area contributed by atoms with Crippen LogP contribution in [0, 0.1) is 0 Å². The second-order valence-corrected chi connectivity index (χ2v) is 28.1. The number of benzene rings is 7. The lowest BCUT2D eigenvalue weighted by atomic mass is 9.89. The molecule has 111 heavy (non-hydrogen) atoms. The summed E-state index contributed by atoms with van der Waals surface area (Å²) in [6.45, 7) is 2.12. The number of unbranched alkanes of at least 4 members (excludes halogenated alkanes) is 8. The van der Waals surface area contributed by atoms with Crippen molar-refractivity contribution >= 4 is 76.5 Å². The highest BCUT2D eigenvalue weighted by atomic mass is 35.5. The molecule has 17 bridgehead atoms. The Morgan fingerprint density at radius 3 is 1.84 bits per heavy atom. The molecule has 0 spiro atoms. The molecule has 34 heteroatoms. The summed E-state index contributed by atoms with van der Waals surface area (Å²) in [5.41, 5.74) is -2.67. The number of fused-ring (bicyclic) bond motifs is 14. The zero-order valence-corrected chi connectivity index (χ0v) is 60.7. The Hall–Kier alpha value is -11.7. The predicted octanol–water partition coefficient (Wildman–Crippen LogP) is 6.86. The fraction of sp³-hybridized carbons (Fsp3) is 0.338. The van der Waals surface area contributed by atoms with Gasteiger partial charge >= 0.3 is 11.9 Å². The number of carbonyl (C=O) groups excluding carboxylic acids is 7. The number of halogens is 2. The molecular weight excluding hydrogens is 1490 g/mol. The quantitative estimate of drug-likeness (QED) is 0.0439. The van der Waals surface area contributed by atoms with Crippen molar-refractivity contribution < 1.29 is 118 Å². The number of ether oxygens (including phenoxy) is 5. The van der Waals surface area contributed by atoms with E-state index in [0.717, 1.165) is 118 Å². The van der Waals surface area contributed by atoms with Crippen LogP contribution in [0.4, 0.5) is 0 Å². The molecule has 0 aliphatic carbocycles. The van der Waals surface area contributed by atoms with Gasteiger partial charge in [-0.15, -0.1) is 0 Å². The highest BCUT2D eigenvalue weighted by Gasteiger charge is 2.51. The van der Waals surface area contributed by atoms with E-state index in [-0.39, 0.29) is 46.8 Å². The smallest absolute Gasteiger partial charge is 0.335 e. The highest BCUT2D eigenvalue weighted by Crippen LogP contribution is 2.50. The molecule has 0 radical (unpaired) electrons. The van der Waals surface area contributed by atoms with E-state index in [0.29, 0.717) is 18.4 Å². The summed E-state index contributed by atoms with van der Waals surface area (Å²) in [6.07, 6.45) is -3.50. The number of nitrogens with one attached hydrogen (secondary N) is 8. The number of aliphatic hydroxyl groups excluding tert-OH is 3. The molecule has 14 rings (SSSR count). The van der Waals surface area contributed by atoms with Gasteiger partial charge in [-0.1, -0.05) is 112 Å². The summed E-state index contributed by atoms with van der Waals surface area (Å²) >= 11 is 14.1. The largest absolute Gasteiger partial charge is 0.508 e. The molecule has 13 atom stereocenters. The number of amides is 7. The zero-order chi connectivity index (χ0) is 79.4. The van der Waals surface area contributed by atoms with Crippen molar-refractivity contribution in [2.24, 2.45) is 0 Å². The summed E-state index contributed by atoms with van der Waals surface area (Å²) in [5, 5.41) is 134. The minimum atomic E-state index is -2.38. The van der Waals surface area contributed by atoms with E-state index in [1.54, 1.807) is 0 Å². The Morgan fingerprint density at radius 1 is 0.532 bits per heavy atom. The number of aromatic hydroxyl groups is 5. The number of carboxylic acids is 2. The third kappa shape index (κ3) is 17.2. The van der Waals surface area contributed by atoms with Crippen LogP contribution in [0.2, 0.25) is 10.0 Å². The molecule has 7 heterocycles. The van der Waals surface area contributed by atoms with Crippen LogP contribution in [0.3, 0.4) is 0 Å². The normalized spacial score (nSPS) is 23.7. The van der Waals surface area contributed by atoms with Crippen molar-refractivity contribution in [1.29, 1.82) is 0 Å². The molecule has 1 fully saturated rings. The van der Waals surface area contributed by atoms with E-state index in [1.807, 2.05) is 0 Å². The van der Waals surface area contributed by atoms with E-state index < -0.39 is 222 Å². The number of carbonyl (C=O) groups is 9. The fourth-order valence-electron chi connectivity index (χ4n) is 13.9. The lowest BCUT2D eigenvalue weighted by molar-refractivity contribution is -0.241. The van der Waals surface area contributed by atoms with Crippen LogP contribution in [0.15, 0.2) is 115 Å². The molecule has 32 nitrogen and oxygen atoms in total. The molecule has 7 amide bonds. The number of phenols is 5. The minimum Gasteiger partial charge on any atom is -0.508 e. The van der Waals surface area contributed by atoms with Gasteiger partial charge in [-0.05, 0) is 114 Å². The van der Waals surface area contributed by atoms with E-state index in [9.17, 15) is 75.0 Å². The van der Waals surface area contributed by atoms with Crippen molar-refractivity contribution in [2.75, 3.05) is 7.05 Å². The van der Waals surface area contributed by atoms with Gasteiger partial charge in [0.2, 0.25) is 53.4 Å². The molecule has 7 aromatic rings. The number of phenolic OH excluding ortho intramolecular Hbond substituents is 5. The summed E-state index contributed by atoms with van der Waals surface area (Å²) in [6, 6.07) is 5.65. The van der Waals surface area contributed by atoms with Crippen LogP contribution < -0.4 is 61.5 Å². The van der Waals surface area contributed by atoms with E-state index in [4.69, 9.17) is 46.9 Å². The summed E-state index contributed by atoms with van der Waals surface area (Å²) in [5.74, 6) is -18.6. The van der Waals surface area contributed by atoms with E-state index >= 15 is 19.2 Å². The van der Waals surface area contributed by atoms with Crippen LogP contribution >= 0.6 is 23.2 Å². The van der Waals surface area contributed by atoms with Crippen LogP contribution in [0.5, 0.6) is 69.0 Å². The topological polar surface area (TPSA) is 498 Å². The standard InChI is InChI=1S/C77H78Cl2N8O24/c1-3-4-5-6-7-8-9-10-11-12-54(93)82-63-65(95)66(96)68(76(105)106)111-77(63)110-67-52-27-37-28-53(67)109-50-22-17-36(25-44(50)78)64(94)62-74(102)86-61(75(103)104)42-29-38(88)30-48(91)55(42)41-24-34(15-20-46(41)89)58(71(99)87-62)83-72(100)59(37)84-73(101)60-43-31-40(32-49(92)56(43)79)108-51-26-35(16-21-47(51)90)57(80-2)70(98)81-45(69(97)85-60)23-33-13-18-39(107-52)19-14-33/h13-22,24-32,45,57-66,68,77,80,88-92,94-96H,3-12,23H2,1-2H3,(H,81,98)(H,82,93)(H,83,100)(H,84,101)(H,85,97)(H,86,102)(H,87,99)(H,103,104)(H,105,106)/t45-,57-,58-,59-,60+,61-,62+,63-,64-,65-,66+,68+,77-/m1/s1.